The van der Waals surface area contributed by atoms with Crippen LogP contribution in [0.5, 0.6) is 0 Å². The predicted octanol–water partition coefficient (Wildman–Crippen LogP) is 3.85. The van der Waals surface area contributed by atoms with E-state index in [1.165, 1.54) is 16.8 Å². The number of carbonyl (C=O) groups excluding carboxylic acids is 2. The fourth-order valence-corrected chi connectivity index (χ4v) is 3.05. The van der Waals surface area contributed by atoms with E-state index in [-0.39, 0.29) is 24.8 Å². The molecule has 0 saturated heterocycles. The van der Waals surface area contributed by atoms with Gasteiger partial charge in [-0.2, -0.15) is 4.98 Å². The predicted molar refractivity (Wildman–Crippen MR) is 144 cm³/mol. The van der Waals surface area contributed by atoms with Crippen LogP contribution in [0.4, 0.5) is 16.4 Å². The van der Waals surface area contributed by atoms with E-state index in [4.69, 9.17) is 4.74 Å². The van der Waals surface area contributed by atoms with Gasteiger partial charge in [0.05, 0.1) is 6.42 Å². The van der Waals surface area contributed by atoms with Crippen molar-refractivity contribution in [3.63, 3.8) is 0 Å². The Bertz CT molecular complexity index is 1430. The lowest BCUT2D eigenvalue weighted by molar-refractivity contribution is -0.115. The minimum atomic E-state index is -0.706. The summed E-state index contributed by atoms with van der Waals surface area (Å²) in [7, 11) is 0. The summed E-state index contributed by atoms with van der Waals surface area (Å²) >= 11 is 0. The number of anilines is 2. The molecule has 0 unspecified atom stereocenters. The minimum absolute atomic E-state index is 0.0929. The van der Waals surface area contributed by atoms with E-state index in [1.807, 2.05) is 30.3 Å². The Morgan fingerprint density at radius 2 is 1.84 bits per heavy atom. The van der Waals surface area contributed by atoms with Gasteiger partial charge < -0.3 is 10.1 Å². The van der Waals surface area contributed by atoms with Crippen molar-refractivity contribution in [2.75, 3.05) is 10.6 Å². The maximum atomic E-state index is 12.3. The van der Waals surface area contributed by atoms with Crippen LogP contribution < -0.4 is 16.3 Å². The first-order valence-corrected chi connectivity index (χ1v) is 11.6. The number of aryl methyl sites for hydroxylation is 1. The summed E-state index contributed by atoms with van der Waals surface area (Å²) in [6.45, 7) is 7.66. The first-order chi connectivity index (χ1) is 18.5. The van der Waals surface area contributed by atoms with Gasteiger partial charge in [0.15, 0.2) is 5.82 Å². The zero-order valence-electron chi connectivity index (χ0n) is 20.6. The van der Waals surface area contributed by atoms with Gasteiger partial charge in [-0.1, -0.05) is 67.6 Å². The van der Waals surface area contributed by atoms with Crippen LogP contribution in [-0.2, 0) is 22.7 Å². The van der Waals surface area contributed by atoms with E-state index in [2.05, 4.69) is 50.8 Å². The van der Waals surface area contributed by atoms with Crippen LogP contribution in [0.3, 0.4) is 0 Å². The highest BCUT2D eigenvalue weighted by molar-refractivity contribution is 5.91. The Hall–Kier alpha value is -5.30. The van der Waals surface area contributed by atoms with Crippen molar-refractivity contribution in [2.45, 2.75) is 26.0 Å². The van der Waals surface area contributed by atoms with Crippen LogP contribution in [-0.4, -0.2) is 31.7 Å². The van der Waals surface area contributed by atoms with Crippen LogP contribution >= 0.6 is 0 Å². The molecule has 3 rings (SSSR count). The zero-order chi connectivity index (χ0) is 27.2. The Kier molecular flexibility index (Phi) is 10.3. The highest BCUT2D eigenvalue weighted by Crippen LogP contribution is 2.07. The largest absolute Gasteiger partial charge is 0.444 e. The molecular weight excluding hydrogens is 484 g/mol. The average Bonchev–Trinajstić information content (AvgIpc) is 2.92. The molecule has 192 valence electrons. The summed E-state index contributed by atoms with van der Waals surface area (Å²) in [5.74, 6) is 5.92. The normalized spacial score (nSPS) is 10.5. The van der Waals surface area contributed by atoms with E-state index in [1.54, 1.807) is 30.4 Å². The molecule has 2 N–H and O–H groups in total. The number of nitrogens with zero attached hydrogens (tertiary/aromatic N) is 4. The van der Waals surface area contributed by atoms with E-state index in [0.29, 0.717) is 24.5 Å². The molecule has 0 saturated carbocycles. The maximum absolute atomic E-state index is 12.3. The van der Waals surface area contributed by atoms with Gasteiger partial charge in [-0.25, -0.2) is 9.59 Å². The van der Waals surface area contributed by atoms with Crippen molar-refractivity contribution in [3.05, 3.63) is 113 Å². The van der Waals surface area contributed by atoms with Crippen molar-refractivity contribution in [2.24, 2.45) is 0 Å². The summed E-state index contributed by atoms with van der Waals surface area (Å²) in [5, 5.41) is 13.0. The van der Waals surface area contributed by atoms with Crippen LogP contribution in [0.15, 0.2) is 96.5 Å². The number of carbonyl (C=O) groups is 2. The molecule has 0 spiro atoms. The van der Waals surface area contributed by atoms with Gasteiger partial charge in [-0.3, -0.25) is 14.7 Å². The molecule has 38 heavy (non-hydrogen) atoms. The number of hydrogen-bond donors (Lipinski definition) is 2. The molecule has 10 heteroatoms. The van der Waals surface area contributed by atoms with Gasteiger partial charge in [-0.05, 0) is 35.3 Å². The topological polar surface area (TPSA) is 128 Å². The highest BCUT2D eigenvalue weighted by atomic mass is 16.5. The molecule has 0 aliphatic carbocycles. The number of amides is 2. The molecule has 2 amide bonds. The summed E-state index contributed by atoms with van der Waals surface area (Å²) in [6, 6.07) is 14.0. The molecule has 3 aromatic rings. The van der Waals surface area contributed by atoms with Crippen LogP contribution in [0.25, 0.3) is 0 Å². The average molecular weight is 511 g/mol. The molecule has 1 aromatic carbocycles. The maximum Gasteiger partial charge on any atom is 0.413 e. The molecule has 0 aliphatic heterocycles. The molecule has 10 nitrogen and oxygen atoms in total. The molecular formula is C28H26N6O4. The van der Waals surface area contributed by atoms with E-state index in [0.717, 1.165) is 11.1 Å². The number of ether oxygens (including phenoxy) is 1. The number of aromatic nitrogens is 4. The number of rotatable bonds is 10. The van der Waals surface area contributed by atoms with Gasteiger partial charge in [0, 0.05) is 19.2 Å². The summed E-state index contributed by atoms with van der Waals surface area (Å²) in [4.78, 5) is 40.1. The molecule has 0 atom stereocenters. The third-order valence-corrected chi connectivity index (χ3v) is 4.90. The lowest BCUT2D eigenvalue weighted by Crippen LogP contribution is -2.25. The van der Waals surface area contributed by atoms with Crippen molar-refractivity contribution < 1.29 is 14.3 Å². The second-order valence-electron chi connectivity index (χ2n) is 7.74. The monoisotopic (exact) mass is 510 g/mol. The molecule has 0 radical (unpaired) electrons. The number of nitrogens with one attached hydrogen (secondary N) is 2. The molecule has 0 bridgehead atoms. The van der Waals surface area contributed by atoms with Crippen molar-refractivity contribution in [3.8, 4) is 11.8 Å². The Morgan fingerprint density at radius 1 is 1.03 bits per heavy atom. The van der Waals surface area contributed by atoms with E-state index >= 15 is 0 Å². The molecule has 2 aromatic heterocycles. The number of benzene rings is 1. The number of allylic oxidation sites excluding steroid dienone is 3. The first-order valence-electron chi connectivity index (χ1n) is 11.6. The van der Waals surface area contributed by atoms with Crippen molar-refractivity contribution in [1.82, 2.24) is 19.7 Å². The third kappa shape index (κ3) is 9.05. The quantitative estimate of drug-likeness (QED) is 0.313. The van der Waals surface area contributed by atoms with Crippen molar-refractivity contribution in [1.29, 1.82) is 0 Å². The fourth-order valence-electron chi connectivity index (χ4n) is 3.05. The Labute approximate surface area is 219 Å². The zero-order valence-corrected chi connectivity index (χ0v) is 20.6. The molecule has 2 heterocycles. The van der Waals surface area contributed by atoms with Gasteiger partial charge >= 0.3 is 11.8 Å². The van der Waals surface area contributed by atoms with Gasteiger partial charge in [0.25, 0.3) is 0 Å². The van der Waals surface area contributed by atoms with Gasteiger partial charge in [0.2, 0.25) is 5.91 Å². The second-order valence-corrected chi connectivity index (χ2v) is 7.74. The summed E-state index contributed by atoms with van der Waals surface area (Å²) < 4.78 is 6.49. The smallest absolute Gasteiger partial charge is 0.413 e. The van der Waals surface area contributed by atoms with Crippen LogP contribution in [0.1, 0.15) is 24.1 Å². The summed E-state index contributed by atoms with van der Waals surface area (Å²) in [6.07, 6.45) is 6.19. The minimum Gasteiger partial charge on any atom is -0.444 e. The lowest BCUT2D eigenvalue weighted by atomic mass is 10.1. The van der Waals surface area contributed by atoms with Crippen LogP contribution in [0, 0.1) is 11.8 Å². The second kappa shape index (κ2) is 14.3. The van der Waals surface area contributed by atoms with Crippen LogP contribution in [0.2, 0.25) is 0 Å². The first kappa shape index (κ1) is 27.3. The molecule has 0 aliphatic rings. The fraction of sp³-hybridized carbons (Fsp3) is 0.143. The Morgan fingerprint density at radius 3 is 2.53 bits per heavy atom. The van der Waals surface area contributed by atoms with Gasteiger partial charge in [-0.15, -0.1) is 10.2 Å². The van der Waals surface area contributed by atoms with Crippen molar-refractivity contribution >= 4 is 23.6 Å². The van der Waals surface area contributed by atoms with E-state index in [9.17, 15) is 14.4 Å². The standard InChI is InChI=1S/C28H26N6O4/c1-3-10-21(4-2)19-26(35)29-25-15-14-23(32-33-25)13-8-9-17-34-18-16-24(30-27(34)36)31-28(37)38-20-22-11-6-5-7-12-22/h3-7,10-12,14-16,18H,1-2,9,17,19-20H2,(H,29,33,35)(H,30,31,36,37)/b21-10+. The lowest BCUT2D eigenvalue weighted by Gasteiger charge is -2.07. The SMILES string of the molecule is C=C/C=C(\C=C)CC(=O)Nc1ccc(C#CCCn2ccc(NC(=O)OCc3ccccc3)nc2=O)nn1. The van der Waals surface area contributed by atoms with Gasteiger partial charge in [0.1, 0.15) is 18.1 Å². The molecule has 0 fully saturated rings. The number of hydrogen-bond acceptors (Lipinski definition) is 7. The third-order valence-electron chi connectivity index (χ3n) is 4.90. The Balaban J connectivity index is 1.45. The van der Waals surface area contributed by atoms with E-state index < -0.39 is 11.8 Å². The highest BCUT2D eigenvalue weighted by Gasteiger charge is 2.07. The summed E-state index contributed by atoms with van der Waals surface area (Å²) in [5.41, 5.74) is 1.46.